The molecule has 1 aromatic carbocycles. The van der Waals surface area contributed by atoms with Gasteiger partial charge in [-0.3, -0.25) is 4.79 Å². The largest absolute Gasteiger partial charge is 0.489 e. The third kappa shape index (κ3) is 6.73. The Bertz CT molecular complexity index is 428. The highest BCUT2D eigenvalue weighted by Crippen LogP contribution is 2.26. The van der Waals surface area contributed by atoms with Crippen LogP contribution in [-0.4, -0.2) is 25.6 Å². The van der Waals surface area contributed by atoms with Crippen LogP contribution in [-0.2, 0) is 4.79 Å². The second-order valence-corrected chi connectivity index (χ2v) is 4.56. The number of hydrogen-bond acceptors (Lipinski definition) is 3. The summed E-state index contributed by atoms with van der Waals surface area (Å²) in [6.45, 7) is 4.52. The Kier molecular flexibility index (Phi) is 8.92. The van der Waals surface area contributed by atoms with Crippen molar-refractivity contribution < 1.29 is 13.9 Å². The number of nitrogens with one attached hydrogen (secondary N) is 2. The van der Waals surface area contributed by atoms with Gasteiger partial charge in [-0.05, 0) is 46.0 Å². The van der Waals surface area contributed by atoms with Crippen molar-refractivity contribution >= 4 is 24.0 Å². The molecule has 1 aromatic rings. The molecule has 0 bridgehead atoms. The van der Waals surface area contributed by atoms with E-state index in [0.717, 1.165) is 13.0 Å². The number of hydrogen-bond donors (Lipinski definition) is 2. The molecule has 1 rings (SSSR count). The van der Waals surface area contributed by atoms with Crippen molar-refractivity contribution in [2.45, 2.75) is 32.8 Å². The van der Waals surface area contributed by atoms with E-state index in [9.17, 15) is 9.18 Å². The molecule has 0 radical (unpaired) electrons. The molecule has 0 aliphatic rings. The van der Waals surface area contributed by atoms with Gasteiger partial charge in [-0.1, -0.05) is 0 Å². The molecule has 0 saturated carbocycles. The van der Waals surface area contributed by atoms with Gasteiger partial charge >= 0.3 is 0 Å². The Morgan fingerprint density at radius 1 is 1.40 bits per heavy atom. The summed E-state index contributed by atoms with van der Waals surface area (Å²) < 4.78 is 18.8. The van der Waals surface area contributed by atoms with Gasteiger partial charge in [-0.25, -0.2) is 4.39 Å². The van der Waals surface area contributed by atoms with Crippen molar-refractivity contribution in [3.8, 4) is 5.75 Å². The Morgan fingerprint density at radius 3 is 2.70 bits per heavy atom. The number of amides is 1. The van der Waals surface area contributed by atoms with Crippen LogP contribution in [0.1, 0.15) is 26.7 Å². The fourth-order valence-corrected chi connectivity index (χ4v) is 1.60. The normalized spacial score (nSPS) is 10.1. The minimum Gasteiger partial charge on any atom is -0.489 e. The maximum Gasteiger partial charge on any atom is 0.224 e. The van der Waals surface area contributed by atoms with Gasteiger partial charge in [-0.15, -0.1) is 12.4 Å². The first-order chi connectivity index (χ1) is 9.02. The lowest BCUT2D eigenvalue weighted by Crippen LogP contribution is -2.16. The highest BCUT2D eigenvalue weighted by atomic mass is 35.5. The van der Waals surface area contributed by atoms with Gasteiger partial charge in [0.2, 0.25) is 5.91 Å². The van der Waals surface area contributed by atoms with Crippen LogP contribution in [0.15, 0.2) is 18.2 Å². The molecule has 0 aliphatic carbocycles. The van der Waals surface area contributed by atoms with E-state index in [1.54, 1.807) is 0 Å². The lowest BCUT2D eigenvalue weighted by Gasteiger charge is -2.15. The zero-order valence-electron chi connectivity index (χ0n) is 12.0. The van der Waals surface area contributed by atoms with Gasteiger partial charge in [0.1, 0.15) is 11.6 Å². The summed E-state index contributed by atoms with van der Waals surface area (Å²) >= 11 is 0. The van der Waals surface area contributed by atoms with Crippen LogP contribution in [0.2, 0.25) is 0 Å². The molecule has 0 aromatic heterocycles. The zero-order chi connectivity index (χ0) is 14.3. The number of carbonyl (C=O) groups excluding carboxylic acids is 1. The van der Waals surface area contributed by atoms with Crippen molar-refractivity contribution in [2.24, 2.45) is 0 Å². The molecule has 20 heavy (non-hydrogen) atoms. The Balaban J connectivity index is 0.00000361. The number of rotatable bonds is 7. The van der Waals surface area contributed by atoms with Crippen molar-refractivity contribution in [2.75, 3.05) is 18.9 Å². The van der Waals surface area contributed by atoms with Crippen molar-refractivity contribution in [1.29, 1.82) is 0 Å². The molecule has 0 aliphatic heterocycles. The first-order valence-corrected chi connectivity index (χ1v) is 6.43. The molecule has 0 unspecified atom stereocenters. The lowest BCUT2D eigenvalue weighted by molar-refractivity contribution is -0.116. The predicted octanol–water partition coefficient (Wildman–Crippen LogP) is 2.97. The van der Waals surface area contributed by atoms with Gasteiger partial charge in [0, 0.05) is 12.5 Å². The molecule has 2 N–H and O–H groups in total. The molecule has 1 amide bonds. The van der Waals surface area contributed by atoms with Crippen molar-refractivity contribution in [3.63, 3.8) is 0 Å². The summed E-state index contributed by atoms with van der Waals surface area (Å²) in [7, 11) is 1.83. The second-order valence-electron chi connectivity index (χ2n) is 4.56. The zero-order valence-corrected chi connectivity index (χ0v) is 12.8. The van der Waals surface area contributed by atoms with Crippen molar-refractivity contribution in [3.05, 3.63) is 24.0 Å². The molecule has 6 heteroatoms. The van der Waals surface area contributed by atoms with E-state index in [0.29, 0.717) is 17.9 Å². The Morgan fingerprint density at radius 2 is 2.10 bits per heavy atom. The number of benzene rings is 1. The molecule has 114 valence electrons. The maximum absolute atomic E-state index is 13.2. The van der Waals surface area contributed by atoms with Crippen LogP contribution in [0, 0.1) is 5.82 Å². The van der Waals surface area contributed by atoms with Gasteiger partial charge < -0.3 is 15.4 Å². The minimum absolute atomic E-state index is 0. The third-order valence-electron chi connectivity index (χ3n) is 2.41. The van der Waals surface area contributed by atoms with Gasteiger partial charge in [-0.2, -0.15) is 0 Å². The smallest absolute Gasteiger partial charge is 0.224 e. The van der Waals surface area contributed by atoms with E-state index in [1.807, 2.05) is 20.9 Å². The lowest BCUT2D eigenvalue weighted by atomic mass is 10.2. The SMILES string of the molecule is CNCCCC(=O)Nc1cc(F)ccc1OC(C)C.Cl. The monoisotopic (exact) mass is 304 g/mol. The topological polar surface area (TPSA) is 50.4 Å². The average Bonchev–Trinajstić information content (AvgIpc) is 2.32. The second kappa shape index (κ2) is 9.55. The van der Waals surface area contributed by atoms with E-state index in [-0.39, 0.29) is 24.4 Å². The Hall–Kier alpha value is -1.33. The van der Waals surface area contributed by atoms with Crippen LogP contribution < -0.4 is 15.4 Å². The van der Waals surface area contributed by atoms with Crippen LogP contribution in [0.3, 0.4) is 0 Å². The van der Waals surface area contributed by atoms with Crippen LogP contribution >= 0.6 is 12.4 Å². The standard InChI is InChI=1S/C14H21FN2O2.ClH/c1-10(2)19-13-7-6-11(15)9-12(13)17-14(18)5-4-8-16-3;/h6-7,9-10,16H,4-5,8H2,1-3H3,(H,17,18);1H. The molecule has 0 saturated heterocycles. The van der Waals surface area contributed by atoms with Crippen LogP contribution in [0.5, 0.6) is 5.75 Å². The van der Waals surface area contributed by atoms with E-state index in [2.05, 4.69) is 10.6 Å². The maximum atomic E-state index is 13.2. The molecule has 0 fully saturated rings. The quantitative estimate of drug-likeness (QED) is 0.762. The van der Waals surface area contributed by atoms with Crippen LogP contribution in [0.4, 0.5) is 10.1 Å². The van der Waals surface area contributed by atoms with E-state index >= 15 is 0 Å². The fourth-order valence-electron chi connectivity index (χ4n) is 1.60. The number of halogens is 2. The van der Waals surface area contributed by atoms with Crippen molar-refractivity contribution in [1.82, 2.24) is 5.32 Å². The molecule has 0 heterocycles. The Labute approximate surface area is 125 Å². The average molecular weight is 305 g/mol. The molecular formula is C14H22ClFN2O2. The summed E-state index contributed by atoms with van der Waals surface area (Å²) in [5, 5.41) is 5.65. The number of carbonyl (C=O) groups is 1. The summed E-state index contributed by atoms with van der Waals surface area (Å²) in [6.07, 6.45) is 1.08. The first kappa shape index (κ1) is 18.7. The summed E-state index contributed by atoms with van der Waals surface area (Å²) in [6, 6.07) is 4.11. The molecular weight excluding hydrogens is 283 g/mol. The fraction of sp³-hybridized carbons (Fsp3) is 0.500. The van der Waals surface area contributed by atoms with E-state index in [1.165, 1.54) is 18.2 Å². The number of anilines is 1. The van der Waals surface area contributed by atoms with E-state index < -0.39 is 5.82 Å². The summed E-state index contributed by atoms with van der Waals surface area (Å²) in [5.74, 6) is -0.0607. The minimum atomic E-state index is -0.401. The van der Waals surface area contributed by atoms with Gasteiger partial charge in [0.25, 0.3) is 0 Å². The number of ether oxygens (including phenoxy) is 1. The highest BCUT2D eigenvalue weighted by Gasteiger charge is 2.10. The van der Waals surface area contributed by atoms with E-state index in [4.69, 9.17) is 4.74 Å². The van der Waals surface area contributed by atoms with Gasteiger partial charge in [0.15, 0.2) is 0 Å². The molecule has 0 atom stereocenters. The van der Waals surface area contributed by atoms with Crippen LogP contribution in [0.25, 0.3) is 0 Å². The van der Waals surface area contributed by atoms with Gasteiger partial charge in [0.05, 0.1) is 11.8 Å². The predicted molar refractivity (Wildman–Crippen MR) is 81.2 cm³/mol. The molecule has 4 nitrogen and oxygen atoms in total. The summed E-state index contributed by atoms with van der Waals surface area (Å²) in [5.41, 5.74) is 0.378. The highest BCUT2D eigenvalue weighted by molar-refractivity contribution is 5.92. The molecule has 0 spiro atoms. The third-order valence-corrected chi connectivity index (χ3v) is 2.41. The summed E-state index contributed by atoms with van der Waals surface area (Å²) in [4.78, 5) is 11.7. The first-order valence-electron chi connectivity index (χ1n) is 6.43.